The molecule has 0 aliphatic carbocycles. The second kappa shape index (κ2) is 8.25. The molecule has 21 heavy (non-hydrogen) atoms. The second-order valence-electron chi connectivity index (χ2n) is 6.23. The molecule has 0 aromatic rings. The Morgan fingerprint density at radius 1 is 1.14 bits per heavy atom. The highest BCUT2D eigenvalue weighted by Gasteiger charge is 2.41. The number of likely N-dealkylation sites (tertiary alicyclic amines) is 1. The minimum Gasteiger partial charge on any atom is -0.481 e. The van der Waals surface area contributed by atoms with Gasteiger partial charge in [-0.1, -0.05) is 33.1 Å². The molecule has 2 amide bonds. The highest BCUT2D eigenvalue weighted by Crippen LogP contribution is 2.36. The van der Waals surface area contributed by atoms with Crippen molar-refractivity contribution in [2.75, 3.05) is 26.7 Å². The number of aliphatic carboxylic acids is 1. The fourth-order valence-corrected chi connectivity index (χ4v) is 3.11. The molecule has 1 heterocycles. The number of piperidine rings is 1. The molecule has 122 valence electrons. The molecular formula is C16H30N2O3. The summed E-state index contributed by atoms with van der Waals surface area (Å²) in [6.45, 7) is 6.06. The summed E-state index contributed by atoms with van der Waals surface area (Å²) in [5.74, 6) is -0.701. The van der Waals surface area contributed by atoms with Crippen LogP contribution in [0.15, 0.2) is 0 Å². The molecule has 1 N–H and O–H groups in total. The van der Waals surface area contributed by atoms with Crippen molar-refractivity contribution < 1.29 is 14.7 Å². The van der Waals surface area contributed by atoms with Gasteiger partial charge in [-0.05, 0) is 25.7 Å². The Bertz CT molecular complexity index is 349. The largest absolute Gasteiger partial charge is 0.481 e. The average Bonchev–Trinajstić information content (AvgIpc) is 2.47. The molecule has 0 saturated carbocycles. The highest BCUT2D eigenvalue weighted by molar-refractivity contribution is 5.77. The lowest BCUT2D eigenvalue weighted by atomic mass is 9.75. The molecule has 5 heteroatoms. The SMILES string of the molecule is CCCCCN(C)C(=O)N1CCC(CCC)(C(=O)O)CC1. The van der Waals surface area contributed by atoms with Crippen molar-refractivity contribution in [1.29, 1.82) is 0 Å². The van der Waals surface area contributed by atoms with Gasteiger partial charge in [-0.3, -0.25) is 4.79 Å². The number of unbranched alkanes of at least 4 members (excludes halogenated alkanes) is 2. The van der Waals surface area contributed by atoms with E-state index in [0.29, 0.717) is 32.4 Å². The quantitative estimate of drug-likeness (QED) is 0.734. The molecule has 1 fully saturated rings. The molecule has 0 spiro atoms. The maximum absolute atomic E-state index is 12.3. The Kier molecular flexibility index (Phi) is 6.99. The van der Waals surface area contributed by atoms with Gasteiger partial charge in [0.1, 0.15) is 0 Å². The number of hydrogen-bond acceptors (Lipinski definition) is 2. The van der Waals surface area contributed by atoms with Gasteiger partial charge in [-0.25, -0.2) is 4.79 Å². The molecular weight excluding hydrogens is 268 g/mol. The lowest BCUT2D eigenvalue weighted by Gasteiger charge is -2.40. The third-order valence-electron chi connectivity index (χ3n) is 4.60. The van der Waals surface area contributed by atoms with Gasteiger partial charge in [0.25, 0.3) is 0 Å². The van der Waals surface area contributed by atoms with Crippen LogP contribution in [0.5, 0.6) is 0 Å². The first kappa shape index (κ1) is 17.8. The van der Waals surface area contributed by atoms with E-state index in [0.717, 1.165) is 32.2 Å². The zero-order chi connectivity index (χ0) is 15.9. The average molecular weight is 298 g/mol. The Balaban J connectivity index is 2.51. The van der Waals surface area contributed by atoms with Crippen LogP contribution in [0.2, 0.25) is 0 Å². The topological polar surface area (TPSA) is 60.9 Å². The van der Waals surface area contributed by atoms with E-state index in [1.54, 1.807) is 4.90 Å². The summed E-state index contributed by atoms with van der Waals surface area (Å²) in [5.41, 5.74) is -0.619. The van der Waals surface area contributed by atoms with Crippen LogP contribution in [-0.2, 0) is 4.79 Å². The van der Waals surface area contributed by atoms with Crippen molar-refractivity contribution >= 4 is 12.0 Å². The van der Waals surface area contributed by atoms with Crippen LogP contribution in [0.1, 0.15) is 58.8 Å². The molecule has 0 aromatic heterocycles. The molecule has 1 aliphatic heterocycles. The smallest absolute Gasteiger partial charge is 0.319 e. The number of nitrogens with zero attached hydrogens (tertiary/aromatic N) is 2. The molecule has 5 nitrogen and oxygen atoms in total. The van der Waals surface area contributed by atoms with E-state index in [9.17, 15) is 14.7 Å². The number of carboxylic acid groups (broad SMARTS) is 1. The zero-order valence-corrected chi connectivity index (χ0v) is 13.7. The molecule has 1 aliphatic rings. The van der Waals surface area contributed by atoms with Crippen LogP contribution in [0.25, 0.3) is 0 Å². The van der Waals surface area contributed by atoms with Gasteiger partial charge < -0.3 is 14.9 Å². The number of carboxylic acids is 1. The number of hydrogen-bond donors (Lipinski definition) is 1. The fraction of sp³-hybridized carbons (Fsp3) is 0.875. The highest BCUT2D eigenvalue weighted by atomic mass is 16.4. The summed E-state index contributed by atoms with van der Waals surface area (Å²) in [7, 11) is 1.84. The maximum Gasteiger partial charge on any atom is 0.319 e. The zero-order valence-electron chi connectivity index (χ0n) is 13.7. The van der Waals surface area contributed by atoms with Crippen LogP contribution < -0.4 is 0 Å². The van der Waals surface area contributed by atoms with Crippen molar-refractivity contribution in [3.05, 3.63) is 0 Å². The fourth-order valence-electron chi connectivity index (χ4n) is 3.11. The van der Waals surface area contributed by atoms with Crippen LogP contribution in [0.3, 0.4) is 0 Å². The van der Waals surface area contributed by atoms with E-state index < -0.39 is 11.4 Å². The normalized spacial score (nSPS) is 17.6. The first-order valence-corrected chi connectivity index (χ1v) is 8.20. The van der Waals surface area contributed by atoms with E-state index in [2.05, 4.69) is 6.92 Å². The number of urea groups is 1. The molecule has 0 bridgehead atoms. The molecule has 0 unspecified atom stereocenters. The van der Waals surface area contributed by atoms with Crippen LogP contribution in [-0.4, -0.2) is 53.6 Å². The van der Waals surface area contributed by atoms with Gasteiger partial charge in [0.2, 0.25) is 0 Å². The van der Waals surface area contributed by atoms with E-state index in [4.69, 9.17) is 0 Å². The monoisotopic (exact) mass is 298 g/mol. The van der Waals surface area contributed by atoms with Gasteiger partial charge in [0, 0.05) is 26.7 Å². The summed E-state index contributed by atoms with van der Waals surface area (Å²) >= 11 is 0. The summed E-state index contributed by atoms with van der Waals surface area (Å²) in [6, 6.07) is 0.0431. The molecule has 0 aromatic carbocycles. The van der Waals surface area contributed by atoms with Gasteiger partial charge in [0.15, 0.2) is 0 Å². The summed E-state index contributed by atoms with van der Waals surface area (Å²) in [6.07, 6.45) is 6.03. The molecule has 0 atom stereocenters. The standard InChI is InChI=1S/C16H30N2O3/c1-4-6-7-11-17(3)15(21)18-12-9-16(8-5-2,10-13-18)14(19)20/h4-13H2,1-3H3,(H,19,20). The van der Waals surface area contributed by atoms with Crippen molar-refractivity contribution in [3.8, 4) is 0 Å². The van der Waals surface area contributed by atoms with Gasteiger partial charge >= 0.3 is 12.0 Å². The van der Waals surface area contributed by atoms with Crippen molar-refractivity contribution in [2.24, 2.45) is 5.41 Å². The van der Waals surface area contributed by atoms with Crippen LogP contribution in [0, 0.1) is 5.41 Å². The molecule has 1 saturated heterocycles. The third-order valence-corrected chi connectivity index (χ3v) is 4.60. The van der Waals surface area contributed by atoms with Gasteiger partial charge in [-0.2, -0.15) is 0 Å². The lowest BCUT2D eigenvalue weighted by Crippen LogP contribution is -2.50. The van der Waals surface area contributed by atoms with Crippen LogP contribution in [0.4, 0.5) is 4.79 Å². The number of amides is 2. The molecule has 1 rings (SSSR count). The van der Waals surface area contributed by atoms with E-state index in [1.165, 1.54) is 0 Å². The van der Waals surface area contributed by atoms with Crippen molar-refractivity contribution in [2.45, 2.75) is 58.8 Å². The Hall–Kier alpha value is -1.26. The number of carbonyl (C=O) groups excluding carboxylic acids is 1. The molecule has 0 radical (unpaired) electrons. The Morgan fingerprint density at radius 2 is 1.76 bits per heavy atom. The third kappa shape index (κ3) is 4.61. The maximum atomic E-state index is 12.3. The Labute approximate surface area is 128 Å². The minimum absolute atomic E-state index is 0.0431. The van der Waals surface area contributed by atoms with E-state index in [-0.39, 0.29) is 6.03 Å². The minimum atomic E-state index is -0.701. The summed E-state index contributed by atoms with van der Waals surface area (Å²) in [5, 5.41) is 9.48. The summed E-state index contributed by atoms with van der Waals surface area (Å²) < 4.78 is 0. The predicted octanol–water partition coefficient (Wildman–Crippen LogP) is 3.20. The van der Waals surface area contributed by atoms with E-state index in [1.807, 2.05) is 18.9 Å². The summed E-state index contributed by atoms with van der Waals surface area (Å²) in [4.78, 5) is 27.4. The lowest BCUT2D eigenvalue weighted by molar-refractivity contribution is -0.152. The van der Waals surface area contributed by atoms with Crippen molar-refractivity contribution in [3.63, 3.8) is 0 Å². The van der Waals surface area contributed by atoms with Gasteiger partial charge in [0.05, 0.1) is 5.41 Å². The Morgan fingerprint density at radius 3 is 2.24 bits per heavy atom. The predicted molar refractivity (Wildman–Crippen MR) is 83.3 cm³/mol. The first-order valence-electron chi connectivity index (χ1n) is 8.20. The first-order chi connectivity index (χ1) is 9.96. The van der Waals surface area contributed by atoms with Crippen LogP contribution >= 0.6 is 0 Å². The van der Waals surface area contributed by atoms with E-state index >= 15 is 0 Å². The van der Waals surface area contributed by atoms with Crippen molar-refractivity contribution in [1.82, 2.24) is 9.80 Å². The second-order valence-corrected chi connectivity index (χ2v) is 6.23. The number of rotatable bonds is 7. The van der Waals surface area contributed by atoms with Gasteiger partial charge in [-0.15, -0.1) is 0 Å². The number of carbonyl (C=O) groups is 2.